The summed E-state index contributed by atoms with van der Waals surface area (Å²) in [5, 5.41) is 16.2. The van der Waals surface area contributed by atoms with Crippen molar-refractivity contribution in [3.05, 3.63) is 6.33 Å². The molecule has 0 spiro atoms. The number of ether oxygens (including phenoxy) is 2. The Morgan fingerprint density at radius 2 is 2.17 bits per heavy atom. The first kappa shape index (κ1) is 27.5. The Balaban J connectivity index is 1.76. The number of alkyl halides is 2. The molecule has 1 saturated heterocycles. The van der Waals surface area contributed by atoms with Crippen LogP contribution in [0.3, 0.4) is 0 Å². The molecule has 2 aromatic rings. The number of carbonyl (C=O) groups is 1. The monoisotopic (exact) mass is 537 g/mol. The second-order valence-electron chi connectivity index (χ2n) is 8.31. The second-order valence-corrected chi connectivity index (χ2v) is 9.73. The van der Waals surface area contributed by atoms with Gasteiger partial charge in [0.1, 0.15) is 17.7 Å². The molecule has 3 rings (SSSR count). The minimum Gasteiger partial charge on any atom is -0.462 e. The Kier molecular flexibility index (Phi) is 8.89. The van der Waals surface area contributed by atoms with E-state index in [0.717, 1.165) is 0 Å². The molecule has 0 aliphatic carbocycles. The summed E-state index contributed by atoms with van der Waals surface area (Å²) < 4.78 is 45.1. The van der Waals surface area contributed by atoms with Crippen molar-refractivity contribution in [2.24, 2.45) is 0 Å². The fourth-order valence-electron chi connectivity index (χ4n) is 3.51. The second kappa shape index (κ2) is 11.3. The number of nitrogens with two attached hydrogens (primary N) is 1. The number of carbonyl (C=O) groups excluding carboxylic acids is 1. The molecule has 1 aliphatic heterocycles. The van der Waals surface area contributed by atoms with E-state index in [9.17, 15) is 14.5 Å². The molecule has 16 heteroatoms. The molecule has 0 radical (unpaired) electrons. The van der Waals surface area contributed by atoms with Crippen molar-refractivity contribution in [2.75, 3.05) is 30.1 Å². The van der Waals surface area contributed by atoms with Crippen molar-refractivity contribution >= 4 is 48.7 Å². The lowest BCUT2D eigenvalue weighted by molar-refractivity contribution is -0.149. The van der Waals surface area contributed by atoms with Crippen LogP contribution in [0.15, 0.2) is 6.33 Å². The van der Waals surface area contributed by atoms with Gasteiger partial charge in [-0.25, -0.2) is 14.5 Å². The minimum absolute atomic E-state index is 0.0640. The molecule has 1 aliphatic rings. The van der Waals surface area contributed by atoms with Crippen molar-refractivity contribution < 1.29 is 32.9 Å². The molecule has 35 heavy (non-hydrogen) atoms. The predicted molar refractivity (Wildman–Crippen MR) is 127 cm³/mol. The number of rotatable bonds is 11. The van der Waals surface area contributed by atoms with Gasteiger partial charge >= 0.3 is 5.97 Å². The highest BCUT2D eigenvalue weighted by atomic mass is 35.5. The third-order valence-electron chi connectivity index (χ3n) is 5.24. The van der Waals surface area contributed by atoms with Gasteiger partial charge in [-0.05, 0) is 27.7 Å². The van der Waals surface area contributed by atoms with Gasteiger partial charge in [0.05, 0.1) is 24.9 Å². The summed E-state index contributed by atoms with van der Waals surface area (Å²) in [6.45, 7) is 6.71. The molecule has 1 fully saturated rings. The summed E-state index contributed by atoms with van der Waals surface area (Å²) >= 11 is 6.06. The van der Waals surface area contributed by atoms with E-state index >= 15 is 4.39 Å². The average Bonchev–Trinajstić information content (AvgIpc) is 3.32. The molecular formula is C19H30ClFN7O6P. The highest BCUT2D eigenvalue weighted by Gasteiger charge is 2.56. The van der Waals surface area contributed by atoms with Gasteiger partial charge in [0.15, 0.2) is 29.4 Å². The number of fused-ring (bicyclic) bond motifs is 1. The Labute approximate surface area is 206 Å². The molecule has 6 atom stereocenters. The fourth-order valence-corrected chi connectivity index (χ4v) is 4.74. The minimum atomic E-state index is -3.00. The van der Waals surface area contributed by atoms with E-state index < -0.39 is 50.9 Å². The number of aliphatic hydroxyl groups excluding tert-OH is 1. The van der Waals surface area contributed by atoms with Gasteiger partial charge in [0.2, 0.25) is 5.95 Å². The fraction of sp³-hybridized carbons (Fsp3) is 0.684. The number of aliphatic hydroxyl groups is 1. The Morgan fingerprint density at radius 3 is 2.80 bits per heavy atom. The SMILES string of the molecule is CCNc1nc(N)nc2c1ncn2[C@@H]1O[C@](CCl)(CO[PH](=O)N[C@@H](C)C(=O)OC(C)C)[C@@H](O)[C@H]1F. The number of nitrogen functional groups attached to an aromatic ring is 1. The maximum absolute atomic E-state index is 15.3. The zero-order valence-corrected chi connectivity index (χ0v) is 21.5. The van der Waals surface area contributed by atoms with E-state index in [1.165, 1.54) is 17.8 Å². The van der Waals surface area contributed by atoms with Gasteiger partial charge < -0.3 is 30.2 Å². The van der Waals surface area contributed by atoms with E-state index in [4.69, 9.17) is 31.3 Å². The van der Waals surface area contributed by atoms with E-state index in [0.29, 0.717) is 17.9 Å². The lowest BCUT2D eigenvalue weighted by Gasteiger charge is -2.29. The number of hydrogen-bond acceptors (Lipinski definition) is 11. The highest BCUT2D eigenvalue weighted by Crippen LogP contribution is 2.42. The number of esters is 1. The first-order valence-corrected chi connectivity index (χ1v) is 12.8. The van der Waals surface area contributed by atoms with E-state index in [-0.39, 0.29) is 23.6 Å². The average molecular weight is 538 g/mol. The summed E-state index contributed by atoms with van der Waals surface area (Å²) in [6.07, 6.45) is -4.11. The third-order valence-corrected chi connectivity index (χ3v) is 6.77. The Hall–Kier alpha value is -2.09. The van der Waals surface area contributed by atoms with Crippen molar-refractivity contribution in [1.82, 2.24) is 24.6 Å². The largest absolute Gasteiger partial charge is 0.462 e. The third kappa shape index (κ3) is 5.84. The number of aromatic nitrogens is 4. The van der Waals surface area contributed by atoms with Crippen LogP contribution < -0.4 is 16.1 Å². The number of nitrogens with zero attached hydrogens (tertiary/aromatic N) is 4. The van der Waals surface area contributed by atoms with Crippen LogP contribution in [0.1, 0.15) is 33.9 Å². The van der Waals surface area contributed by atoms with E-state index in [1.54, 1.807) is 13.8 Å². The molecule has 1 unspecified atom stereocenters. The van der Waals surface area contributed by atoms with E-state index in [2.05, 4.69) is 25.4 Å². The lowest BCUT2D eigenvalue weighted by atomic mass is 9.99. The van der Waals surface area contributed by atoms with Crippen LogP contribution in [0.2, 0.25) is 0 Å². The van der Waals surface area contributed by atoms with Gasteiger partial charge in [0, 0.05) is 6.54 Å². The number of halogens is 2. The predicted octanol–water partition coefficient (Wildman–Crippen LogP) is 1.38. The molecule has 196 valence electrons. The van der Waals surface area contributed by atoms with Gasteiger partial charge in [-0.3, -0.25) is 13.9 Å². The molecule has 0 amide bonds. The number of nitrogens with one attached hydrogen (secondary N) is 2. The van der Waals surface area contributed by atoms with Crippen LogP contribution in [-0.2, 0) is 23.4 Å². The summed E-state index contributed by atoms with van der Waals surface area (Å²) in [5.41, 5.74) is 4.57. The summed E-state index contributed by atoms with van der Waals surface area (Å²) in [7, 11) is -3.00. The number of anilines is 2. The van der Waals surface area contributed by atoms with Gasteiger partial charge in [0.25, 0.3) is 8.18 Å². The van der Waals surface area contributed by atoms with Crippen molar-refractivity contribution in [3.63, 3.8) is 0 Å². The molecular weight excluding hydrogens is 508 g/mol. The molecule has 0 bridgehead atoms. The van der Waals surface area contributed by atoms with Crippen molar-refractivity contribution in [1.29, 1.82) is 0 Å². The van der Waals surface area contributed by atoms with Crippen LogP contribution in [0.5, 0.6) is 0 Å². The zero-order valence-electron chi connectivity index (χ0n) is 19.7. The van der Waals surface area contributed by atoms with Gasteiger partial charge in [-0.1, -0.05) is 0 Å². The van der Waals surface area contributed by atoms with Crippen LogP contribution in [0.25, 0.3) is 11.2 Å². The van der Waals surface area contributed by atoms with Gasteiger partial charge in [-0.15, -0.1) is 11.6 Å². The van der Waals surface area contributed by atoms with Crippen LogP contribution in [0, 0.1) is 0 Å². The topological polar surface area (TPSA) is 176 Å². The zero-order chi connectivity index (χ0) is 25.9. The lowest BCUT2D eigenvalue weighted by Crippen LogP contribution is -2.47. The molecule has 0 saturated carbocycles. The van der Waals surface area contributed by atoms with Crippen LogP contribution >= 0.6 is 19.8 Å². The molecule has 0 aromatic carbocycles. The maximum atomic E-state index is 15.3. The van der Waals surface area contributed by atoms with Gasteiger partial charge in [-0.2, -0.15) is 9.97 Å². The first-order valence-electron chi connectivity index (χ1n) is 11.0. The van der Waals surface area contributed by atoms with Crippen molar-refractivity contribution in [3.8, 4) is 0 Å². The smallest absolute Gasteiger partial charge is 0.323 e. The summed E-state index contributed by atoms with van der Waals surface area (Å²) in [4.78, 5) is 24.4. The van der Waals surface area contributed by atoms with Crippen LogP contribution in [-0.4, -0.2) is 79.6 Å². The standard InChI is InChI=1S/C19H30ClFN7O6P/c1-5-23-14-12-15(26-18(22)25-14)28(8-24-12)16-11(21)13(29)19(6-20,34-16)7-32-35(31)27-10(4)17(30)33-9(2)3/h8-11,13,16,29,35H,5-7H2,1-4H3,(H,27,31)(H3,22,23,25,26)/t10-,11+,13-,16+,19+/m0/s1. The highest BCUT2D eigenvalue weighted by molar-refractivity contribution is 7.36. The molecule has 5 N–H and O–H groups in total. The first-order chi connectivity index (χ1) is 16.5. The molecule has 3 heterocycles. The quantitative estimate of drug-likeness (QED) is 0.184. The summed E-state index contributed by atoms with van der Waals surface area (Å²) in [5.74, 6) is -0.687. The Bertz CT molecular complexity index is 1080. The molecule has 13 nitrogen and oxygen atoms in total. The maximum Gasteiger partial charge on any atom is 0.323 e. The Morgan fingerprint density at radius 1 is 1.46 bits per heavy atom. The van der Waals surface area contributed by atoms with E-state index in [1.807, 2.05) is 6.92 Å². The summed E-state index contributed by atoms with van der Waals surface area (Å²) in [6, 6.07) is -0.916. The van der Waals surface area contributed by atoms with Crippen molar-refractivity contribution in [2.45, 2.75) is 63.9 Å². The number of imidazole rings is 1. The molecule has 2 aromatic heterocycles. The number of hydrogen-bond donors (Lipinski definition) is 4. The normalized spacial score (nSPS) is 26.2. The van der Waals surface area contributed by atoms with Crippen LogP contribution in [0.4, 0.5) is 16.2 Å².